The Morgan fingerprint density at radius 3 is 2.69 bits per heavy atom. The summed E-state index contributed by atoms with van der Waals surface area (Å²) >= 11 is 0. The van der Waals surface area contributed by atoms with Gasteiger partial charge in [-0.2, -0.15) is 5.10 Å². The van der Waals surface area contributed by atoms with Crippen LogP contribution >= 0.6 is 0 Å². The van der Waals surface area contributed by atoms with Crippen LogP contribution in [0, 0.1) is 13.8 Å². The van der Waals surface area contributed by atoms with Gasteiger partial charge in [-0.15, -0.1) is 0 Å². The topological polar surface area (TPSA) is 74.1 Å². The van der Waals surface area contributed by atoms with E-state index in [0.717, 1.165) is 34.1 Å². The lowest BCUT2D eigenvalue weighted by atomic mass is 10.2. The number of nitrogens with one attached hydrogen (secondary N) is 1. The molecule has 1 aromatic carbocycles. The van der Waals surface area contributed by atoms with E-state index in [9.17, 15) is 4.79 Å². The molecule has 1 N–H and O–H groups in total. The van der Waals surface area contributed by atoms with E-state index in [0.29, 0.717) is 0 Å². The normalized spacial score (nSPS) is 13.3. The van der Waals surface area contributed by atoms with Crippen LogP contribution in [0.25, 0.3) is 5.69 Å². The highest BCUT2D eigenvalue weighted by molar-refractivity contribution is 5.83. The summed E-state index contributed by atoms with van der Waals surface area (Å²) in [5.74, 6) is 1.48. The van der Waals surface area contributed by atoms with E-state index in [-0.39, 0.29) is 6.79 Å². The fourth-order valence-corrected chi connectivity index (χ4v) is 2.80. The molecule has 2 aromatic rings. The summed E-state index contributed by atoms with van der Waals surface area (Å²) in [5, 5.41) is 3.98. The van der Waals surface area contributed by atoms with Crippen LogP contribution in [0.2, 0.25) is 0 Å². The van der Waals surface area contributed by atoms with Crippen molar-refractivity contribution < 1.29 is 19.0 Å². The highest BCUT2D eigenvalue weighted by atomic mass is 16.7. The summed E-state index contributed by atoms with van der Waals surface area (Å²) in [6, 6.07) is 7.82. The molecule has 0 saturated heterocycles. The molecule has 1 amide bonds. The van der Waals surface area contributed by atoms with Gasteiger partial charge in [0.2, 0.25) is 6.79 Å². The van der Waals surface area contributed by atoms with Gasteiger partial charge in [0.15, 0.2) is 11.5 Å². The van der Waals surface area contributed by atoms with Crippen LogP contribution in [-0.4, -0.2) is 29.3 Å². The zero-order valence-corrected chi connectivity index (χ0v) is 15.6. The first-order valence-electron chi connectivity index (χ1n) is 8.35. The third-order valence-corrected chi connectivity index (χ3v) is 3.84. The minimum atomic E-state index is -0.585. The van der Waals surface area contributed by atoms with E-state index in [1.165, 1.54) is 0 Å². The molecule has 1 aliphatic rings. The van der Waals surface area contributed by atoms with E-state index in [1.54, 1.807) is 27.0 Å². The van der Waals surface area contributed by atoms with Crippen molar-refractivity contribution in [2.45, 2.75) is 40.2 Å². The van der Waals surface area contributed by atoms with Gasteiger partial charge in [0.05, 0.1) is 6.21 Å². The first-order valence-corrected chi connectivity index (χ1v) is 8.35. The Hall–Kier alpha value is -2.96. The number of hydrazone groups is 1. The molecule has 3 rings (SSSR count). The number of fused-ring (bicyclic) bond motifs is 1. The zero-order chi connectivity index (χ0) is 18.9. The smallest absolute Gasteiger partial charge is 0.428 e. The lowest BCUT2D eigenvalue weighted by Gasteiger charge is -2.18. The number of carbonyl (C=O) groups is 1. The quantitative estimate of drug-likeness (QED) is 0.672. The van der Waals surface area contributed by atoms with Crippen molar-refractivity contribution in [2.24, 2.45) is 5.10 Å². The van der Waals surface area contributed by atoms with Crippen molar-refractivity contribution in [3.05, 3.63) is 41.2 Å². The average Bonchev–Trinajstić information content (AvgIpc) is 3.09. The summed E-state index contributed by atoms with van der Waals surface area (Å²) in [5.41, 5.74) is 5.73. The molecule has 138 valence electrons. The third kappa shape index (κ3) is 3.82. The van der Waals surface area contributed by atoms with Gasteiger partial charge in [-0.3, -0.25) is 0 Å². The van der Waals surface area contributed by atoms with Gasteiger partial charge in [-0.25, -0.2) is 10.2 Å². The number of ether oxygens (including phenoxy) is 3. The summed E-state index contributed by atoms with van der Waals surface area (Å²) in [7, 11) is 0. The molecule has 0 fully saturated rings. The number of aromatic nitrogens is 1. The van der Waals surface area contributed by atoms with Crippen molar-refractivity contribution in [3.8, 4) is 17.2 Å². The van der Waals surface area contributed by atoms with Crippen LogP contribution in [0.1, 0.15) is 37.7 Å². The monoisotopic (exact) mass is 357 g/mol. The van der Waals surface area contributed by atoms with Crippen molar-refractivity contribution in [2.75, 3.05) is 6.79 Å². The number of nitrogens with zero attached hydrogens (tertiary/aromatic N) is 2. The molecule has 0 radical (unpaired) electrons. The second kappa shape index (κ2) is 6.74. The van der Waals surface area contributed by atoms with Crippen LogP contribution in [-0.2, 0) is 4.74 Å². The number of aryl methyl sites for hydroxylation is 1. The largest absolute Gasteiger partial charge is 0.454 e. The van der Waals surface area contributed by atoms with Crippen LogP contribution in [0.4, 0.5) is 4.79 Å². The van der Waals surface area contributed by atoms with Crippen LogP contribution in [0.3, 0.4) is 0 Å². The van der Waals surface area contributed by atoms with Crippen LogP contribution < -0.4 is 14.9 Å². The zero-order valence-electron chi connectivity index (χ0n) is 15.6. The highest BCUT2D eigenvalue weighted by Crippen LogP contribution is 2.34. The molecule has 0 spiro atoms. The van der Waals surface area contributed by atoms with Gasteiger partial charge in [-0.05, 0) is 52.8 Å². The van der Waals surface area contributed by atoms with E-state index < -0.39 is 11.7 Å². The molecule has 2 heterocycles. The molecule has 0 saturated carbocycles. The molecule has 26 heavy (non-hydrogen) atoms. The molecule has 7 heteroatoms. The Bertz CT molecular complexity index is 862. The van der Waals surface area contributed by atoms with E-state index in [1.807, 2.05) is 38.1 Å². The summed E-state index contributed by atoms with van der Waals surface area (Å²) < 4.78 is 18.1. The number of carbonyl (C=O) groups excluding carboxylic acids is 1. The minimum Gasteiger partial charge on any atom is -0.454 e. The number of rotatable bonds is 3. The van der Waals surface area contributed by atoms with Crippen molar-refractivity contribution in [3.63, 3.8) is 0 Å². The number of benzene rings is 1. The predicted octanol–water partition coefficient (Wildman–Crippen LogP) is 3.68. The number of hydrogen-bond donors (Lipinski definition) is 1. The first kappa shape index (κ1) is 17.8. The predicted molar refractivity (Wildman–Crippen MR) is 98.3 cm³/mol. The molecular formula is C19H23N3O4. The maximum atomic E-state index is 11.7. The van der Waals surface area contributed by atoms with Crippen LogP contribution in [0.15, 0.2) is 29.4 Å². The lowest BCUT2D eigenvalue weighted by molar-refractivity contribution is 0.0529. The molecule has 0 bridgehead atoms. The Kier molecular flexibility index (Phi) is 4.63. The molecule has 0 aliphatic carbocycles. The van der Waals surface area contributed by atoms with Crippen molar-refractivity contribution in [1.29, 1.82) is 0 Å². The minimum absolute atomic E-state index is 0.247. The lowest BCUT2D eigenvalue weighted by Crippen LogP contribution is -2.29. The van der Waals surface area contributed by atoms with Gasteiger partial charge in [0.1, 0.15) is 5.60 Å². The molecule has 0 atom stereocenters. The summed E-state index contributed by atoms with van der Waals surface area (Å²) in [6.07, 6.45) is 1.02. The Morgan fingerprint density at radius 2 is 1.96 bits per heavy atom. The fourth-order valence-electron chi connectivity index (χ4n) is 2.80. The third-order valence-electron chi connectivity index (χ3n) is 3.84. The molecule has 1 aromatic heterocycles. The van der Waals surface area contributed by atoms with Gasteiger partial charge < -0.3 is 18.8 Å². The Balaban J connectivity index is 1.78. The van der Waals surface area contributed by atoms with Gasteiger partial charge in [-0.1, -0.05) is 0 Å². The maximum absolute atomic E-state index is 11.7. The van der Waals surface area contributed by atoms with E-state index >= 15 is 0 Å². The van der Waals surface area contributed by atoms with Crippen molar-refractivity contribution >= 4 is 12.3 Å². The van der Waals surface area contributed by atoms with Gasteiger partial charge >= 0.3 is 6.09 Å². The summed E-state index contributed by atoms with van der Waals surface area (Å²) in [4.78, 5) is 11.7. The highest BCUT2D eigenvalue weighted by Gasteiger charge is 2.17. The van der Waals surface area contributed by atoms with Gasteiger partial charge in [0.25, 0.3) is 0 Å². The maximum Gasteiger partial charge on any atom is 0.428 e. The van der Waals surface area contributed by atoms with Crippen LogP contribution in [0.5, 0.6) is 11.5 Å². The molecular weight excluding hydrogens is 334 g/mol. The first-order chi connectivity index (χ1) is 12.2. The molecule has 7 nitrogen and oxygen atoms in total. The average molecular weight is 357 g/mol. The fraction of sp³-hybridized carbons (Fsp3) is 0.368. The summed E-state index contributed by atoms with van der Waals surface area (Å²) in [6.45, 7) is 9.65. The number of amides is 1. The molecule has 1 aliphatic heterocycles. The SMILES string of the molecule is Cc1cc(/C=N\NC(=O)OC(C)(C)C)c(C)n1-c1ccc2c(c1)OCO2. The van der Waals surface area contributed by atoms with Crippen molar-refractivity contribution in [1.82, 2.24) is 9.99 Å². The van der Waals surface area contributed by atoms with Gasteiger partial charge in [0, 0.05) is 28.7 Å². The second-order valence-electron chi connectivity index (χ2n) is 7.07. The standard InChI is InChI=1S/C19H23N3O4/c1-12-8-14(10-20-21-18(23)26-19(3,4)5)13(2)22(12)15-6-7-16-17(9-15)25-11-24-16/h6-10H,11H2,1-5H3,(H,21,23)/b20-10-. The molecule has 0 unspecified atom stereocenters. The van der Waals surface area contributed by atoms with E-state index in [2.05, 4.69) is 15.1 Å². The number of hydrogen-bond acceptors (Lipinski definition) is 5. The Morgan fingerprint density at radius 1 is 1.23 bits per heavy atom. The second-order valence-corrected chi connectivity index (χ2v) is 7.07. The Labute approximate surface area is 152 Å². The van der Waals surface area contributed by atoms with E-state index in [4.69, 9.17) is 14.2 Å².